The van der Waals surface area contributed by atoms with Gasteiger partial charge in [0.2, 0.25) is 0 Å². The Balaban J connectivity index is 2.37. The monoisotopic (exact) mass is 292 g/mol. The van der Waals surface area contributed by atoms with Crippen LogP contribution in [0.1, 0.15) is 30.5 Å². The molecule has 1 atom stereocenters. The first kappa shape index (κ1) is 15.0. The summed E-state index contributed by atoms with van der Waals surface area (Å²) in [5.74, 6) is 0.857. The highest BCUT2D eigenvalue weighted by Gasteiger charge is 2.15. The predicted molar refractivity (Wildman–Crippen MR) is 82.0 cm³/mol. The molecule has 0 saturated carbocycles. The Labute approximate surface area is 123 Å². The van der Waals surface area contributed by atoms with Crippen molar-refractivity contribution in [1.29, 1.82) is 0 Å². The van der Waals surface area contributed by atoms with Gasteiger partial charge in [0.15, 0.2) is 0 Å². The first-order valence-corrected chi connectivity index (χ1v) is 7.44. The summed E-state index contributed by atoms with van der Waals surface area (Å²) < 4.78 is 10.7. The molecule has 0 fully saturated rings. The average molecular weight is 292 g/mol. The molecule has 2 aromatic rings. The van der Waals surface area contributed by atoms with E-state index in [-0.39, 0.29) is 6.04 Å². The second kappa shape index (κ2) is 6.83. The van der Waals surface area contributed by atoms with Gasteiger partial charge >= 0.3 is 0 Å². The van der Waals surface area contributed by atoms with Crippen LogP contribution in [0.3, 0.4) is 0 Å². The maximum absolute atomic E-state index is 6.00. The van der Waals surface area contributed by atoms with Gasteiger partial charge in [-0.3, -0.25) is 0 Å². The number of aromatic nitrogens is 1. The molecule has 108 valence electrons. The van der Waals surface area contributed by atoms with Crippen molar-refractivity contribution in [1.82, 2.24) is 4.98 Å². The number of nitrogens with two attached hydrogens (primary N) is 1. The fraction of sp³-hybridized carbons (Fsp3) is 0.400. The zero-order valence-corrected chi connectivity index (χ0v) is 12.9. The molecule has 0 spiro atoms. The Kier molecular flexibility index (Phi) is 5.11. The quantitative estimate of drug-likeness (QED) is 0.886. The second-order valence-corrected chi connectivity index (χ2v) is 5.54. The molecule has 1 unspecified atom stereocenters. The summed E-state index contributed by atoms with van der Waals surface area (Å²) >= 11 is 1.62. The van der Waals surface area contributed by atoms with E-state index in [1.807, 2.05) is 38.1 Å². The standard InChI is InChI=1S/C15H20N2O2S/c1-4-19-12-7-5-6-11(8-12)15-17-13(9-18-3)14(20-15)10(2)16/h5-8,10H,4,9,16H2,1-3H3. The highest BCUT2D eigenvalue weighted by atomic mass is 32.1. The van der Waals surface area contributed by atoms with E-state index in [0.29, 0.717) is 13.2 Å². The first-order chi connectivity index (χ1) is 9.65. The van der Waals surface area contributed by atoms with Gasteiger partial charge in [0, 0.05) is 23.6 Å². The van der Waals surface area contributed by atoms with E-state index in [9.17, 15) is 0 Å². The van der Waals surface area contributed by atoms with Gasteiger partial charge in [-0.2, -0.15) is 0 Å². The van der Waals surface area contributed by atoms with Crippen molar-refractivity contribution in [2.24, 2.45) is 5.73 Å². The molecule has 2 N–H and O–H groups in total. The summed E-state index contributed by atoms with van der Waals surface area (Å²) in [6.07, 6.45) is 0. The SMILES string of the molecule is CCOc1cccc(-c2nc(COC)c(C(C)N)s2)c1. The molecule has 0 bridgehead atoms. The molecule has 0 amide bonds. The van der Waals surface area contributed by atoms with E-state index in [4.69, 9.17) is 15.2 Å². The summed E-state index contributed by atoms with van der Waals surface area (Å²) in [5.41, 5.74) is 7.97. The zero-order valence-electron chi connectivity index (χ0n) is 12.1. The largest absolute Gasteiger partial charge is 0.494 e. The molecule has 0 aliphatic rings. The van der Waals surface area contributed by atoms with E-state index in [1.54, 1.807) is 18.4 Å². The molecular formula is C15H20N2O2S. The van der Waals surface area contributed by atoms with Gasteiger partial charge in [-0.15, -0.1) is 11.3 Å². The van der Waals surface area contributed by atoms with Gasteiger partial charge in [-0.25, -0.2) is 4.98 Å². The van der Waals surface area contributed by atoms with E-state index in [1.165, 1.54) is 0 Å². The van der Waals surface area contributed by atoms with Gasteiger partial charge in [-0.1, -0.05) is 12.1 Å². The molecule has 0 aliphatic carbocycles. The van der Waals surface area contributed by atoms with Gasteiger partial charge in [0.1, 0.15) is 10.8 Å². The Morgan fingerprint density at radius 2 is 2.20 bits per heavy atom. The fourth-order valence-electron chi connectivity index (χ4n) is 1.97. The Bertz CT molecular complexity index is 567. The van der Waals surface area contributed by atoms with Gasteiger partial charge in [0.05, 0.1) is 18.9 Å². The van der Waals surface area contributed by atoms with Crippen molar-refractivity contribution in [3.8, 4) is 16.3 Å². The number of hydrogen-bond acceptors (Lipinski definition) is 5. The van der Waals surface area contributed by atoms with Crippen molar-refractivity contribution in [2.75, 3.05) is 13.7 Å². The van der Waals surface area contributed by atoms with Gasteiger partial charge in [-0.05, 0) is 26.0 Å². The molecule has 0 radical (unpaired) electrons. The highest BCUT2D eigenvalue weighted by Crippen LogP contribution is 2.33. The molecule has 0 saturated heterocycles. The van der Waals surface area contributed by atoms with Crippen molar-refractivity contribution >= 4 is 11.3 Å². The molecule has 5 heteroatoms. The van der Waals surface area contributed by atoms with Gasteiger partial charge in [0.25, 0.3) is 0 Å². The van der Waals surface area contributed by atoms with Crippen LogP contribution in [0.15, 0.2) is 24.3 Å². The lowest BCUT2D eigenvalue weighted by Gasteiger charge is -2.04. The fourth-order valence-corrected chi connectivity index (χ4v) is 2.99. The molecule has 0 aliphatic heterocycles. The summed E-state index contributed by atoms with van der Waals surface area (Å²) in [7, 11) is 1.67. The lowest BCUT2D eigenvalue weighted by molar-refractivity contribution is 0.181. The van der Waals surface area contributed by atoms with E-state index in [0.717, 1.165) is 26.9 Å². The smallest absolute Gasteiger partial charge is 0.124 e. The van der Waals surface area contributed by atoms with Crippen LogP contribution in [0.5, 0.6) is 5.75 Å². The minimum absolute atomic E-state index is 0.0403. The summed E-state index contributed by atoms with van der Waals surface area (Å²) in [6, 6.07) is 7.92. The van der Waals surface area contributed by atoms with Crippen molar-refractivity contribution in [3.05, 3.63) is 34.8 Å². The lowest BCUT2D eigenvalue weighted by atomic mass is 10.2. The van der Waals surface area contributed by atoms with Crippen LogP contribution in [0.4, 0.5) is 0 Å². The predicted octanol–water partition coefficient (Wildman–Crippen LogP) is 3.37. The molecule has 1 aromatic heterocycles. The number of benzene rings is 1. The average Bonchev–Trinajstić information content (AvgIpc) is 2.84. The van der Waals surface area contributed by atoms with Crippen LogP contribution in [0.25, 0.3) is 10.6 Å². The third-order valence-corrected chi connectivity index (χ3v) is 4.16. The first-order valence-electron chi connectivity index (χ1n) is 6.63. The summed E-state index contributed by atoms with van der Waals surface area (Å²) in [6.45, 7) is 5.08. The number of rotatable bonds is 6. The van der Waals surface area contributed by atoms with E-state index >= 15 is 0 Å². The van der Waals surface area contributed by atoms with Crippen molar-refractivity contribution < 1.29 is 9.47 Å². The second-order valence-electron chi connectivity index (χ2n) is 4.51. The topological polar surface area (TPSA) is 57.4 Å². The van der Waals surface area contributed by atoms with Crippen LogP contribution in [-0.4, -0.2) is 18.7 Å². The summed E-state index contributed by atoms with van der Waals surface area (Å²) in [4.78, 5) is 5.72. The molecule has 4 nitrogen and oxygen atoms in total. The molecular weight excluding hydrogens is 272 g/mol. The highest BCUT2D eigenvalue weighted by molar-refractivity contribution is 7.15. The Morgan fingerprint density at radius 1 is 1.40 bits per heavy atom. The van der Waals surface area contributed by atoms with Crippen LogP contribution in [-0.2, 0) is 11.3 Å². The van der Waals surface area contributed by atoms with E-state index in [2.05, 4.69) is 4.98 Å². The third kappa shape index (κ3) is 3.36. The third-order valence-electron chi connectivity index (χ3n) is 2.81. The normalized spacial score (nSPS) is 12.4. The van der Waals surface area contributed by atoms with Crippen LogP contribution >= 0.6 is 11.3 Å². The maximum Gasteiger partial charge on any atom is 0.124 e. The number of nitrogens with zero attached hydrogens (tertiary/aromatic N) is 1. The van der Waals surface area contributed by atoms with Gasteiger partial charge < -0.3 is 15.2 Å². The van der Waals surface area contributed by atoms with Crippen LogP contribution in [0.2, 0.25) is 0 Å². The zero-order chi connectivity index (χ0) is 14.5. The summed E-state index contributed by atoms with van der Waals surface area (Å²) in [5, 5.41) is 0.950. The van der Waals surface area contributed by atoms with E-state index < -0.39 is 0 Å². The number of hydrogen-bond donors (Lipinski definition) is 1. The molecule has 1 aromatic carbocycles. The minimum Gasteiger partial charge on any atom is -0.494 e. The Hall–Kier alpha value is -1.43. The molecule has 2 rings (SSSR count). The van der Waals surface area contributed by atoms with Crippen molar-refractivity contribution in [3.63, 3.8) is 0 Å². The Morgan fingerprint density at radius 3 is 2.85 bits per heavy atom. The molecule has 1 heterocycles. The van der Waals surface area contributed by atoms with Crippen LogP contribution in [0, 0.1) is 0 Å². The van der Waals surface area contributed by atoms with Crippen LogP contribution < -0.4 is 10.5 Å². The minimum atomic E-state index is -0.0403. The van der Waals surface area contributed by atoms with Crippen molar-refractivity contribution in [2.45, 2.75) is 26.5 Å². The number of thiazole rings is 1. The number of ether oxygens (including phenoxy) is 2. The number of methoxy groups -OCH3 is 1. The maximum atomic E-state index is 6.00. The molecule has 20 heavy (non-hydrogen) atoms. The lowest BCUT2D eigenvalue weighted by Crippen LogP contribution is -2.06.